The summed E-state index contributed by atoms with van der Waals surface area (Å²) >= 11 is 1.92. The van der Waals surface area contributed by atoms with Gasteiger partial charge in [0.25, 0.3) is 0 Å². The molecule has 0 fully saturated rings. The fraction of sp³-hybridized carbons (Fsp3) is 0.164. The maximum absolute atomic E-state index is 2.59. The van der Waals surface area contributed by atoms with Crippen LogP contribution in [0.25, 0.3) is 53.2 Å². The van der Waals surface area contributed by atoms with Gasteiger partial charge in [0.05, 0.1) is 15.8 Å². The molecule has 2 heteroatoms. The molecule has 0 atom stereocenters. The summed E-state index contributed by atoms with van der Waals surface area (Å²) in [6, 6.07) is 62.6. The Labute approximate surface area is 339 Å². The molecular weight excluding hydrogens is 707 g/mol. The van der Waals surface area contributed by atoms with Gasteiger partial charge < -0.3 is 4.90 Å². The number of hydrogen-bond donors (Lipinski definition) is 0. The van der Waals surface area contributed by atoms with Crippen LogP contribution in [0.1, 0.15) is 74.9 Å². The van der Waals surface area contributed by atoms with Gasteiger partial charge in [0, 0.05) is 26.8 Å². The summed E-state index contributed by atoms with van der Waals surface area (Å²) in [5.41, 5.74) is 16.5. The van der Waals surface area contributed by atoms with Crippen molar-refractivity contribution in [2.75, 3.05) is 4.90 Å². The van der Waals surface area contributed by atoms with Crippen molar-refractivity contribution in [3.05, 3.63) is 197 Å². The van der Waals surface area contributed by atoms with E-state index >= 15 is 0 Å². The highest BCUT2D eigenvalue weighted by molar-refractivity contribution is 7.26. The molecule has 8 aromatic carbocycles. The van der Waals surface area contributed by atoms with Gasteiger partial charge in [-0.15, -0.1) is 11.3 Å². The third-order valence-corrected chi connectivity index (χ3v) is 14.0. The first-order chi connectivity index (χ1) is 27.5. The van der Waals surface area contributed by atoms with Crippen LogP contribution in [0.15, 0.2) is 164 Å². The average Bonchev–Trinajstić information content (AvgIpc) is 3.75. The SMILES string of the molecule is CC(C)(C)c1ccc(N(c2ccc(C(C)(C)C)cc2)c2cc3c(c4c2sc2ccccc24)-c2cccc4cccc(c24)C32c3ccccc3-c3ccccc32)cc1. The molecule has 57 heavy (non-hydrogen) atoms. The highest BCUT2D eigenvalue weighted by Gasteiger charge is 2.51. The van der Waals surface area contributed by atoms with Crippen LogP contribution in [0.2, 0.25) is 0 Å². The van der Waals surface area contributed by atoms with Crippen LogP contribution >= 0.6 is 11.3 Å². The third-order valence-electron chi connectivity index (χ3n) is 12.8. The first-order valence-electron chi connectivity index (χ1n) is 20.3. The lowest BCUT2D eigenvalue weighted by Crippen LogP contribution is -2.32. The van der Waals surface area contributed by atoms with E-state index in [9.17, 15) is 0 Å². The molecule has 0 bridgehead atoms. The van der Waals surface area contributed by atoms with Gasteiger partial charge in [0.1, 0.15) is 0 Å². The molecule has 0 radical (unpaired) electrons. The van der Waals surface area contributed by atoms with Gasteiger partial charge in [-0.1, -0.05) is 169 Å². The standard InChI is InChI=1S/C55H45NS/c1-53(2,3)35-25-29-37(30-26-35)56(38-31-27-36(28-32-38)54(4,5)6)47-33-46-50(51-41-19-9-12-24-48(41)57-52(47)51)42-20-13-15-34-16-14-23-45(49(34)42)55(46)43-21-10-7-17-39(43)40-18-8-11-22-44(40)55/h7-33H,1-6H3. The summed E-state index contributed by atoms with van der Waals surface area (Å²) in [5, 5.41) is 5.30. The molecule has 0 unspecified atom stereocenters. The molecule has 2 aliphatic carbocycles. The van der Waals surface area contributed by atoms with Crippen LogP contribution in [0.4, 0.5) is 17.1 Å². The van der Waals surface area contributed by atoms with Crippen LogP contribution in [0.3, 0.4) is 0 Å². The molecule has 276 valence electrons. The van der Waals surface area contributed by atoms with E-state index < -0.39 is 5.41 Å². The monoisotopic (exact) mass is 751 g/mol. The Balaban J connectivity index is 1.34. The molecule has 1 heterocycles. The molecular formula is C55H45NS. The van der Waals surface area contributed by atoms with Crippen LogP contribution in [-0.2, 0) is 16.2 Å². The molecule has 0 aliphatic heterocycles. The maximum Gasteiger partial charge on any atom is 0.0726 e. The zero-order valence-corrected chi connectivity index (χ0v) is 34.3. The van der Waals surface area contributed by atoms with Crippen molar-refractivity contribution in [3.63, 3.8) is 0 Å². The van der Waals surface area contributed by atoms with Gasteiger partial charge in [-0.05, 0) is 114 Å². The summed E-state index contributed by atoms with van der Waals surface area (Å²) < 4.78 is 2.61. The number of anilines is 3. The summed E-state index contributed by atoms with van der Waals surface area (Å²) in [6.07, 6.45) is 0. The van der Waals surface area contributed by atoms with Gasteiger partial charge in [-0.2, -0.15) is 0 Å². The predicted octanol–water partition coefficient (Wildman–Crippen LogP) is 15.6. The molecule has 1 spiro atoms. The van der Waals surface area contributed by atoms with Gasteiger partial charge in [0.2, 0.25) is 0 Å². The lowest BCUT2D eigenvalue weighted by molar-refractivity contribution is 0.590. The molecule has 0 saturated heterocycles. The quantitative estimate of drug-likeness (QED) is 0.174. The van der Waals surface area contributed by atoms with Crippen molar-refractivity contribution in [1.29, 1.82) is 0 Å². The summed E-state index contributed by atoms with van der Waals surface area (Å²) in [5.74, 6) is 0. The minimum Gasteiger partial charge on any atom is -0.309 e. The van der Waals surface area contributed by atoms with E-state index in [1.165, 1.54) is 92.3 Å². The Kier molecular flexibility index (Phi) is 7.24. The van der Waals surface area contributed by atoms with E-state index in [0.29, 0.717) is 0 Å². The Bertz CT molecular complexity index is 2970. The van der Waals surface area contributed by atoms with Crippen LogP contribution in [0, 0.1) is 0 Å². The van der Waals surface area contributed by atoms with E-state index in [-0.39, 0.29) is 10.8 Å². The second-order valence-corrected chi connectivity index (χ2v) is 19.2. The van der Waals surface area contributed by atoms with Crippen molar-refractivity contribution in [2.45, 2.75) is 57.8 Å². The lowest BCUT2D eigenvalue weighted by Gasteiger charge is -2.41. The molecule has 2 aliphatic rings. The highest BCUT2D eigenvalue weighted by atomic mass is 32.1. The number of rotatable bonds is 3. The van der Waals surface area contributed by atoms with Crippen molar-refractivity contribution in [2.24, 2.45) is 0 Å². The van der Waals surface area contributed by atoms with E-state index in [1.807, 2.05) is 11.3 Å². The zero-order valence-electron chi connectivity index (χ0n) is 33.4. The summed E-state index contributed by atoms with van der Waals surface area (Å²) in [7, 11) is 0. The Morgan fingerprint density at radius 3 is 1.56 bits per heavy atom. The van der Waals surface area contributed by atoms with Crippen LogP contribution < -0.4 is 4.90 Å². The molecule has 1 nitrogen and oxygen atoms in total. The van der Waals surface area contributed by atoms with Crippen LogP contribution in [0.5, 0.6) is 0 Å². The molecule has 0 saturated carbocycles. The Morgan fingerprint density at radius 1 is 0.456 bits per heavy atom. The number of thiophene rings is 1. The fourth-order valence-electron chi connectivity index (χ4n) is 10.1. The van der Waals surface area contributed by atoms with E-state index in [0.717, 1.165) is 11.4 Å². The average molecular weight is 752 g/mol. The summed E-state index contributed by atoms with van der Waals surface area (Å²) in [4.78, 5) is 2.54. The van der Waals surface area contributed by atoms with E-state index in [2.05, 4.69) is 210 Å². The molecule has 0 amide bonds. The predicted molar refractivity (Wildman–Crippen MR) is 245 cm³/mol. The molecule has 0 N–H and O–H groups in total. The fourth-order valence-corrected chi connectivity index (χ4v) is 11.3. The van der Waals surface area contributed by atoms with Gasteiger partial charge >= 0.3 is 0 Å². The topological polar surface area (TPSA) is 3.24 Å². The second-order valence-electron chi connectivity index (χ2n) is 18.1. The van der Waals surface area contributed by atoms with Crippen molar-refractivity contribution >= 4 is 59.3 Å². The van der Waals surface area contributed by atoms with Crippen LogP contribution in [-0.4, -0.2) is 0 Å². The molecule has 11 rings (SSSR count). The first kappa shape index (κ1) is 34.3. The van der Waals surface area contributed by atoms with Gasteiger partial charge in [-0.25, -0.2) is 0 Å². The minimum absolute atomic E-state index is 0.0479. The maximum atomic E-state index is 2.59. The van der Waals surface area contributed by atoms with Gasteiger partial charge in [-0.3, -0.25) is 0 Å². The Hall–Kier alpha value is -5.96. The highest BCUT2D eigenvalue weighted by Crippen LogP contribution is 2.64. The lowest BCUT2D eigenvalue weighted by atomic mass is 9.61. The third kappa shape index (κ3) is 4.80. The zero-order chi connectivity index (χ0) is 38.8. The Morgan fingerprint density at radius 2 is 0.965 bits per heavy atom. The van der Waals surface area contributed by atoms with E-state index in [4.69, 9.17) is 0 Å². The number of benzene rings is 8. The normalized spacial score (nSPS) is 13.9. The molecule has 9 aromatic rings. The van der Waals surface area contributed by atoms with Crippen molar-refractivity contribution < 1.29 is 0 Å². The second kappa shape index (κ2) is 12.0. The van der Waals surface area contributed by atoms with Crippen molar-refractivity contribution in [1.82, 2.24) is 0 Å². The van der Waals surface area contributed by atoms with E-state index in [1.54, 1.807) is 0 Å². The number of hydrogen-bond acceptors (Lipinski definition) is 2. The molecule has 1 aromatic heterocycles. The smallest absolute Gasteiger partial charge is 0.0726 e. The van der Waals surface area contributed by atoms with Gasteiger partial charge in [0.15, 0.2) is 0 Å². The van der Waals surface area contributed by atoms with Crippen molar-refractivity contribution in [3.8, 4) is 22.3 Å². The largest absolute Gasteiger partial charge is 0.309 e. The first-order valence-corrected chi connectivity index (χ1v) is 21.1. The number of nitrogens with zero attached hydrogens (tertiary/aromatic N) is 1. The minimum atomic E-state index is -0.528. The summed E-state index contributed by atoms with van der Waals surface area (Å²) in [6.45, 7) is 13.8. The number of fused-ring (bicyclic) bond motifs is 13.